The zero-order valence-corrected chi connectivity index (χ0v) is 12.4. The molecule has 4 rings (SSSR count). The quantitative estimate of drug-likeness (QED) is 0.598. The van der Waals surface area contributed by atoms with Crippen molar-refractivity contribution in [1.82, 2.24) is 0 Å². The van der Waals surface area contributed by atoms with Gasteiger partial charge in [-0.15, -0.1) is 0 Å². The Morgan fingerprint density at radius 1 is 1.09 bits per heavy atom. The standard InChI is InChI=1S/C18H16O5/c19-14-6-4-11-5-7-17(20)21-10-16-18(23-16)12-2-1-3-13(9-12)22-15(14)8-11/h1-4,6,8-9,16,18-19H,5,7,10H2. The van der Waals surface area contributed by atoms with Crippen LogP contribution in [0.2, 0.25) is 0 Å². The normalized spacial score (nSPS) is 23.0. The van der Waals surface area contributed by atoms with Crippen LogP contribution >= 0.6 is 0 Å². The number of rotatable bonds is 0. The molecule has 23 heavy (non-hydrogen) atoms. The lowest BCUT2D eigenvalue weighted by Gasteiger charge is -2.11. The maximum absolute atomic E-state index is 11.8. The lowest BCUT2D eigenvalue weighted by Crippen LogP contribution is -2.11. The van der Waals surface area contributed by atoms with Crippen molar-refractivity contribution in [3.8, 4) is 17.2 Å². The number of hydrogen-bond donors (Lipinski definition) is 1. The average Bonchev–Trinajstić information content (AvgIpc) is 3.33. The van der Waals surface area contributed by atoms with Crippen molar-refractivity contribution >= 4 is 5.97 Å². The number of epoxide rings is 1. The van der Waals surface area contributed by atoms with Crippen LogP contribution in [-0.2, 0) is 20.7 Å². The van der Waals surface area contributed by atoms with Crippen molar-refractivity contribution in [3.63, 3.8) is 0 Å². The Morgan fingerprint density at radius 2 is 2.00 bits per heavy atom. The van der Waals surface area contributed by atoms with Crippen molar-refractivity contribution in [1.29, 1.82) is 0 Å². The maximum atomic E-state index is 11.8. The summed E-state index contributed by atoms with van der Waals surface area (Å²) in [5.74, 6) is 0.826. The number of ether oxygens (including phenoxy) is 3. The Hall–Kier alpha value is -2.53. The van der Waals surface area contributed by atoms with Gasteiger partial charge in [-0.1, -0.05) is 18.2 Å². The molecule has 0 spiro atoms. The van der Waals surface area contributed by atoms with Crippen LogP contribution in [-0.4, -0.2) is 23.8 Å². The van der Waals surface area contributed by atoms with Gasteiger partial charge in [-0.3, -0.25) is 4.79 Å². The highest BCUT2D eigenvalue weighted by Gasteiger charge is 2.41. The Morgan fingerprint density at radius 3 is 2.91 bits per heavy atom. The number of carbonyl (C=O) groups is 1. The molecule has 2 aromatic carbocycles. The second-order valence-corrected chi connectivity index (χ2v) is 5.75. The first-order valence-electron chi connectivity index (χ1n) is 7.60. The molecular weight excluding hydrogens is 296 g/mol. The maximum Gasteiger partial charge on any atom is 0.306 e. The van der Waals surface area contributed by atoms with Crippen LogP contribution in [0.25, 0.3) is 0 Å². The zero-order chi connectivity index (χ0) is 15.8. The van der Waals surface area contributed by atoms with Gasteiger partial charge >= 0.3 is 5.97 Å². The van der Waals surface area contributed by atoms with E-state index >= 15 is 0 Å². The topological polar surface area (TPSA) is 68.3 Å². The number of esters is 1. The fourth-order valence-electron chi connectivity index (χ4n) is 2.73. The molecule has 0 amide bonds. The van der Waals surface area contributed by atoms with Crippen LogP contribution in [0.3, 0.4) is 0 Å². The molecule has 2 aliphatic heterocycles. The van der Waals surface area contributed by atoms with E-state index in [1.807, 2.05) is 24.3 Å². The average molecular weight is 312 g/mol. The van der Waals surface area contributed by atoms with Crippen molar-refractivity contribution in [2.45, 2.75) is 25.0 Å². The molecule has 2 heterocycles. The number of fused-ring (bicyclic) bond motifs is 6. The van der Waals surface area contributed by atoms with E-state index in [1.54, 1.807) is 18.2 Å². The lowest BCUT2D eigenvalue weighted by atomic mass is 10.1. The summed E-state index contributed by atoms with van der Waals surface area (Å²) in [7, 11) is 0. The Kier molecular flexibility index (Phi) is 3.42. The van der Waals surface area contributed by atoms with Crippen molar-refractivity contribution in [2.24, 2.45) is 0 Å². The molecule has 0 saturated carbocycles. The molecule has 2 unspecified atom stereocenters. The first kappa shape index (κ1) is 14.1. The zero-order valence-electron chi connectivity index (χ0n) is 12.4. The van der Waals surface area contributed by atoms with Gasteiger partial charge in [-0.25, -0.2) is 0 Å². The monoisotopic (exact) mass is 312 g/mol. The van der Waals surface area contributed by atoms with E-state index in [4.69, 9.17) is 14.2 Å². The van der Waals surface area contributed by atoms with Crippen molar-refractivity contribution in [3.05, 3.63) is 53.6 Å². The first-order valence-corrected chi connectivity index (χ1v) is 7.60. The Bertz CT molecular complexity index is 755. The summed E-state index contributed by atoms with van der Waals surface area (Å²) in [6.07, 6.45) is 0.648. The lowest BCUT2D eigenvalue weighted by molar-refractivity contribution is -0.144. The number of phenols is 1. The summed E-state index contributed by atoms with van der Waals surface area (Å²) in [4.78, 5) is 11.8. The fourth-order valence-corrected chi connectivity index (χ4v) is 2.73. The first-order chi connectivity index (χ1) is 11.2. The molecule has 118 valence electrons. The molecule has 1 fully saturated rings. The molecule has 5 nitrogen and oxygen atoms in total. The van der Waals surface area contributed by atoms with Gasteiger partial charge in [0.15, 0.2) is 11.5 Å². The molecule has 2 atom stereocenters. The summed E-state index contributed by atoms with van der Waals surface area (Å²) in [5.41, 5.74) is 1.87. The minimum atomic E-state index is -0.249. The van der Waals surface area contributed by atoms with Gasteiger partial charge in [0.25, 0.3) is 0 Å². The third-order valence-corrected chi connectivity index (χ3v) is 4.05. The van der Waals surface area contributed by atoms with E-state index in [9.17, 15) is 9.90 Å². The van der Waals surface area contributed by atoms with Crippen LogP contribution in [0, 0.1) is 0 Å². The van der Waals surface area contributed by atoms with Crippen molar-refractivity contribution in [2.75, 3.05) is 6.61 Å². The Balaban J connectivity index is 1.69. The van der Waals surface area contributed by atoms with E-state index in [1.165, 1.54) is 0 Å². The van der Waals surface area contributed by atoms with Gasteiger partial charge in [0.1, 0.15) is 24.6 Å². The number of aryl methyl sites for hydroxylation is 1. The van der Waals surface area contributed by atoms with Gasteiger partial charge in [-0.05, 0) is 41.8 Å². The van der Waals surface area contributed by atoms with E-state index < -0.39 is 0 Å². The minimum absolute atomic E-state index is 0.0642. The molecular formula is C18H16O5. The summed E-state index contributed by atoms with van der Waals surface area (Å²) in [6, 6.07) is 12.6. The molecule has 2 aliphatic rings. The van der Waals surface area contributed by atoms with Gasteiger partial charge in [0.05, 0.1) is 0 Å². The summed E-state index contributed by atoms with van der Waals surface area (Å²) in [6.45, 7) is 0.273. The second-order valence-electron chi connectivity index (χ2n) is 5.75. The molecule has 5 heteroatoms. The smallest absolute Gasteiger partial charge is 0.306 e. The largest absolute Gasteiger partial charge is 0.504 e. The number of carbonyl (C=O) groups excluding carboxylic acids is 1. The number of hydrogen-bond acceptors (Lipinski definition) is 5. The predicted molar refractivity (Wildman–Crippen MR) is 81.5 cm³/mol. The number of cyclic esters (lactones) is 1. The predicted octanol–water partition coefficient (Wildman–Crippen LogP) is 3.11. The molecule has 4 bridgehead atoms. The highest BCUT2D eigenvalue weighted by atomic mass is 16.6. The third-order valence-electron chi connectivity index (χ3n) is 4.05. The van der Waals surface area contributed by atoms with Crippen LogP contribution in [0.4, 0.5) is 0 Å². The SMILES string of the molecule is O=C1CCc2ccc(O)c(c2)Oc2cccc(c2)C2OC2CO1. The number of aromatic hydroxyl groups is 1. The van der Waals surface area contributed by atoms with E-state index in [0.717, 1.165) is 11.1 Å². The molecule has 1 saturated heterocycles. The number of benzene rings is 2. The highest BCUT2D eigenvalue weighted by molar-refractivity contribution is 5.69. The Labute approximate surface area is 133 Å². The van der Waals surface area contributed by atoms with Crippen LogP contribution in [0.5, 0.6) is 17.2 Å². The molecule has 1 N–H and O–H groups in total. The summed E-state index contributed by atoms with van der Waals surface area (Å²) >= 11 is 0. The minimum Gasteiger partial charge on any atom is -0.504 e. The van der Waals surface area contributed by atoms with Crippen LogP contribution in [0.1, 0.15) is 23.7 Å². The molecule has 0 aliphatic carbocycles. The second kappa shape index (κ2) is 5.59. The molecule has 0 aromatic heterocycles. The van der Waals surface area contributed by atoms with Gasteiger partial charge in [0.2, 0.25) is 0 Å². The fraction of sp³-hybridized carbons (Fsp3) is 0.278. The van der Waals surface area contributed by atoms with E-state index in [0.29, 0.717) is 17.9 Å². The van der Waals surface area contributed by atoms with Crippen molar-refractivity contribution < 1.29 is 24.1 Å². The summed E-state index contributed by atoms with van der Waals surface area (Å²) < 4.78 is 16.6. The van der Waals surface area contributed by atoms with Crippen LogP contribution < -0.4 is 4.74 Å². The van der Waals surface area contributed by atoms with Gasteiger partial charge in [-0.2, -0.15) is 0 Å². The molecule has 2 aromatic rings. The third kappa shape index (κ3) is 3.00. The molecule has 0 radical (unpaired) electrons. The van der Waals surface area contributed by atoms with E-state index in [2.05, 4.69) is 0 Å². The van der Waals surface area contributed by atoms with Gasteiger partial charge in [0, 0.05) is 6.42 Å². The van der Waals surface area contributed by atoms with E-state index in [-0.39, 0.29) is 37.0 Å². The number of phenolic OH excluding ortho intramolecular Hbond substituents is 1. The summed E-state index contributed by atoms with van der Waals surface area (Å²) in [5, 5.41) is 9.98. The van der Waals surface area contributed by atoms with Crippen LogP contribution in [0.15, 0.2) is 42.5 Å². The highest BCUT2D eigenvalue weighted by Crippen LogP contribution is 2.41. The van der Waals surface area contributed by atoms with Gasteiger partial charge < -0.3 is 19.3 Å².